The maximum atomic E-state index is 12.1. The zero-order chi connectivity index (χ0) is 22.7. The normalized spacial score (nSPS) is 16.5. The number of nitrogens with zero attached hydrogens (tertiary/aromatic N) is 3. The van der Waals surface area contributed by atoms with Crippen molar-refractivity contribution in [3.05, 3.63) is 40.8 Å². The maximum Gasteiger partial charge on any atom is 0.512 e. The van der Waals surface area contributed by atoms with E-state index in [0.29, 0.717) is 11.2 Å². The van der Waals surface area contributed by atoms with E-state index >= 15 is 0 Å². The van der Waals surface area contributed by atoms with Crippen LogP contribution in [0.5, 0.6) is 0 Å². The number of anilines is 2. The number of ether oxygens (including phenoxy) is 2. The average molecular weight is 585 g/mol. The zero-order valence-electron chi connectivity index (χ0n) is 19.8. The van der Waals surface area contributed by atoms with Crippen LogP contribution >= 0.6 is 11.3 Å². The van der Waals surface area contributed by atoms with Crippen molar-refractivity contribution in [1.82, 2.24) is 4.90 Å². The number of fused-ring (bicyclic) bond motifs is 2. The molecule has 3 heterocycles. The van der Waals surface area contributed by atoms with Gasteiger partial charge in [0.1, 0.15) is 16.9 Å². The highest BCUT2D eigenvalue weighted by atomic mass is 127. The second-order valence-electron chi connectivity index (χ2n) is 8.81. The number of rotatable bonds is 5. The molecule has 2 aliphatic rings. The van der Waals surface area contributed by atoms with Crippen molar-refractivity contribution in [2.75, 3.05) is 45.3 Å². The van der Waals surface area contributed by atoms with Crippen molar-refractivity contribution in [2.24, 2.45) is 4.99 Å². The minimum absolute atomic E-state index is 0. The third-order valence-corrected chi connectivity index (χ3v) is 7.23. The van der Waals surface area contributed by atoms with Crippen LogP contribution in [0.25, 0.3) is 0 Å². The molecule has 180 valence electrons. The molecule has 4 rings (SSSR count). The third kappa shape index (κ3) is 5.99. The second-order valence-corrected chi connectivity index (χ2v) is 10.1. The summed E-state index contributed by atoms with van der Waals surface area (Å²) < 4.78 is 11.5. The molecule has 2 aliphatic heterocycles. The van der Waals surface area contributed by atoms with Gasteiger partial charge in [0.05, 0.1) is 50.2 Å². The van der Waals surface area contributed by atoms with Crippen LogP contribution in [0.2, 0.25) is 0 Å². The molecular formula is C24H33IN4O3S. The number of thiophene rings is 1. The lowest BCUT2D eigenvalue weighted by Gasteiger charge is -2.42. The summed E-state index contributed by atoms with van der Waals surface area (Å²) in [7, 11) is 2.13. The molecule has 0 bridgehead atoms. The fraction of sp³-hybridized carbons (Fsp3) is 0.500. The first-order chi connectivity index (χ1) is 15.4. The van der Waals surface area contributed by atoms with E-state index in [1.54, 1.807) is 11.3 Å². The quantitative estimate of drug-likeness (QED) is 0.332. The molecule has 9 heteroatoms. The lowest BCUT2D eigenvalue weighted by atomic mass is 10.2. The monoisotopic (exact) mass is 584 g/mol. The number of nitrogens with one attached hydrogen (secondary N) is 1. The molecule has 1 N–H and O–H groups in total. The lowest BCUT2D eigenvalue weighted by molar-refractivity contribution is -0.929. The highest BCUT2D eigenvalue weighted by Gasteiger charge is 2.33. The van der Waals surface area contributed by atoms with Crippen LogP contribution in [0, 0.1) is 6.92 Å². The van der Waals surface area contributed by atoms with Gasteiger partial charge < -0.3 is 43.7 Å². The van der Waals surface area contributed by atoms with Gasteiger partial charge >= 0.3 is 6.16 Å². The first kappa shape index (κ1) is 25.8. The number of hydrogen-bond acceptors (Lipinski definition) is 7. The fourth-order valence-corrected chi connectivity index (χ4v) is 5.03. The number of carbonyl (C=O) groups excluding carboxylic acids is 1. The molecule has 0 saturated carbocycles. The number of halogens is 1. The van der Waals surface area contributed by atoms with Crippen molar-refractivity contribution >= 4 is 39.7 Å². The molecule has 2 aromatic rings. The molecule has 1 aromatic carbocycles. The van der Waals surface area contributed by atoms with Crippen molar-refractivity contribution in [2.45, 2.75) is 39.7 Å². The van der Waals surface area contributed by atoms with E-state index in [0.717, 1.165) is 66.8 Å². The SMILES string of the molecule is CCC(CC)OC(=O)OC[N+]1(C)CCN(C2=Nc3ccccc3Nc3sc(C)cc32)CC1.[I-]. The molecule has 1 fully saturated rings. The Kier molecular flexibility index (Phi) is 8.63. The second kappa shape index (κ2) is 11.1. The predicted octanol–water partition coefficient (Wildman–Crippen LogP) is 2.26. The van der Waals surface area contributed by atoms with Gasteiger partial charge in [-0.3, -0.25) is 4.48 Å². The van der Waals surface area contributed by atoms with Crippen LogP contribution < -0.4 is 29.3 Å². The minimum atomic E-state index is -0.560. The molecule has 0 amide bonds. The molecular weight excluding hydrogens is 551 g/mol. The van der Waals surface area contributed by atoms with Gasteiger partial charge in [-0.15, -0.1) is 11.3 Å². The molecule has 0 spiro atoms. The number of para-hydroxylation sites is 2. The van der Waals surface area contributed by atoms with E-state index in [4.69, 9.17) is 14.5 Å². The van der Waals surface area contributed by atoms with Gasteiger partial charge in [-0.25, -0.2) is 9.79 Å². The van der Waals surface area contributed by atoms with Gasteiger partial charge in [0.2, 0.25) is 6.73 Å². The molecule has 33 heavy (non-hydrogen) atoms. The number of quaternary nitrogens is 1. The Bertz CT molecular complexity index is 997. The standard InChI is InChI=1S/C24H33N4O3S.HI/c1-5-18(6-2)31-24(29)30-16-28(4)13-11-27(12-14-28)22-19-15-17(3)32-23(19)26-21-10-8-7-9-20(21)25-22;/h7-10,15,18,26H,5-6,11-14,16H2,1-4H3;1H/q+1;/p-1. The molecule has 1 aromatic heterocycles. The summed E-state index contributed by atoms with van der Waals surface area (Å²) in [5, 5.41) is 4.71. The Balaban J connectivity index is 0.00000306. The van der Waals surface area contributed by atoms with E-state index in [9.17, 15) is 4.79 Å². The molecule has 0 aliphatic carbocycles. The summed E-state index contributed by atoms with van der Waals surface area (Å²) in [6, 6.07) is 10.4. The van der Waals surface area contributed by atoms with E-state index in [2.05, 4.69) is 42.4 Å². The number of benzene rings is 1. The topological polar surface area (TPSA) is 63.2 Å². The van der Waals surface area contributed by atoms with Gasteiger partial charge in [0, 0.05) is 4.88 Å². The van der Waals surface area contributed by atoms with E-state index < -0.39 is 6.16 Å². The molecule has 7 nitrogen and oxygen atoms in total. The summed E-state index contributed by atoms with van der Waals surface area (Å²) in [5.41, 5.74) is 3.15. The van der Waals surface area contributed by atoms with Crippen LogP contribution in [-0.2, 0) is 9.47 Å². The first-order valence-electron chi connectivity index (χ1n) is 11.4. The Morgan fingerprint density at radius 3 is 2.64 bits per heavy atom. The minimum Gasteiger partial charge on any atom is -1.00 e. The predicted molar refractivity (Wildman–Crippen MR) is 129 cm³/mol. The zero-order valence-corrected chi connectivity index (χ0v) is 22.7. The van der Waals surface area contributed by atoms with Gasteiger partial charge in [0.15, 0.2) is 0 Å². The van der Waals surface area contributed by atoms with Crippen molar-refractivity contribution in [1.29, 1.82) is 0 Å². The summed E-state index contributed by atoms with van der Waals surface area (Å²) in [5.74, 6) is 1.02. The van der Waals surface area contributed by atoms with Crippen LogP contribution in [-0.4, -0.2) is 67.4 Å². The van der Waals surface area contributed by atoms with E-state index in [1.807, 2.05) is 26.0 Å². The lowest BCUT2D eigenvalue weighted by Crippen LogP contribution is -3.00. The number of aliphatic imine (C=N–C) groups is 1. The fourth-order valence-electron chi connectivity index (χ4n) is 4.11. The number of likely N-dealkylation sites (N-methyl/N-ethyl adjacent to an activating group) is 1. The summed E-state index contributed by atoms with van der Waals surface area (Å²) in [6.45, 7) is 9.90. The van der Waals surface area contributed by atoms with E-state index in [-0.39, 0.29) is 30.1 Å². The Morgan fingerprint density at radius 2 is 1.94 bits per heavy atom. The van der Waals surface area contributed by atoms with Crippen LogP contribution in [0.4, 0.5) is 21.2 Å². The molecule has 0 radical (unpaired) electrons. The Labute approximate surface area is 217 Å². The van der Waals surface area contributed by atoms with Crippen molar-refractivity contribution in [3.8, 4) is 0 Å². The Hall–Kier alpha value is -1.85. The van der Waals surface area contributed by atoms with Gasteiger partial charge in [-0.05, 0) is 38.0 Å². The molecule has 1 saturated heterocycles. The van der Waals surface area contributed by atoms with Gasteiger partial charge in [0.25, 0.3) is 0 Å². The largest absolute Gasteiger partial charge is 1.00 e. The summed E-state index contributed by atoms with van der Waals surface area (Å²) >= 11 is 1.76. The molecule has 0 atom stereocenters. The van der Waals surface area contributed by atoms with Crippen molar-refractivity contribution in [3.63, 3.8) is 0 Å². The molecule has 0 unspecified atom stereocenters. The first-order valence-corrected chi connectivity index (χ1v) is 12.2. The smallest absolute Gasteiger partial charge is 0.512 e. The van der Waals surface area contributed by atoms with Crippen LogP contribution in [0.3, 0.4) is 0 Å². The number of amidine groups is 1. The number of aryl methyl sites for hydroxylation is 1. The van der Waals surface area contributed by atoms with Gasteiger partial charge in [-0.2, -0.15) is 0 Å². The third-order valence-electron chi connectivity index (χ3n) is 6.26. The summed E-state index contributed by atoms with van der Waals surface area (Å²) in [6.07, 6.45) is 0.973. The van der Waals surface area contributed by atoms with E-state index in [1.165, 1.54) is 4.88 Å². The van der Waals surface area contributed by atoms with Crippen molar-refractivity contribution < 1.29 is 42.7 Å². The number of piperazine rings is 1. The highest BCUT2D eigenvalue weighted by Crippen LogP contribution is 2.39. The Morgan fingerprint density at radius 1 is 1.24 bits per heavy atom. The number of hydrogen-bond donors (Lipinski definition) is 1. The van der Waals surface area contributed by atoms with Crippen LogP contribution in [0.15, 0.2) is 35.3 Å². The number of carbonyl (C=O) groups is 1. The highest BCUT2D eigenvalue weighted by molar-refractivity contribution is 7.16. The van der Waals surface area contributed by atoms with Crippen LogP contribution in [0.1, 0.15) is 37.1 Å². The average Bonchev–Trinajstić information content (AvgIpc) is 3.08. The maximum absolute atomic E-state index is 12.1. The summed E-state index contributed by atoms with van der Waals surface area (Å²) in [4.78, 5) is 20.8. The van der Waals surface area contributed by atoms with Gasteiger partial charge in [-0.1, -0.05) is 26.0 Å².